The number of piperidine rings is 1. The number of amides is 1. The number of nitrogens with zero attached hydrogens (tertiary/aromatic N) is 1. The lowest BCUT2D eigenvalue weighted by Crippen LogP contribution is -2.65. The molecule has 55 heavy (non-hydrogen) atoms. The monoisotopic (exact) mass is 749 g/mol. The fourth-order valence-corrected chi connectivity index (χ4v) is 10.3. The molecule has 296 valence electrons. The molecule has 0 spiro atoms. The normalized spacial score (nSPS) is 28.4. The maximum absolute atomic E-state index is 14.0. The molecule has 5 aliphatic rings. The van der Waals surface area contributed by atoms with Crippen LogP contribution in [0.2, 0.25) is 0 Å². The van der Waals surface area contributed by atoms with Gasteiger partial charge in [0.25, 0.3) is 0 Å². The lowest BCUT2D eigenvalue weighted by molar-refractivity contribution is -0.211. The van der Waals surface area contributed by atoms with E-state index in [1.54, 1.807) is 6.08 Å². The largest absolute Gasteiger partial charge is 0.381 e. The second-order valence-corrected chi connectivity index (χ2v) is 16.9. The number of carbonyl (C=O) groups is 1. The first-order valence-corrected chi connectivity index (χ1v) is 21.1. The zero-order valence-corrected chi connectivity index (χ0v) is 32.8. The number of ether oxygens (including phenoxy) is 5. The topological polar surface area (TPSA) is 66.5 Å². The molecule has 7 nitrogen and oxygen atoms in total. The standard InChI is InChI=1S/C48H63NO6/c1-2-3-22-45(50)49-31-44(53-32-37-16-8-4-9-17-37)47(55-34-39-20-12-6-13-21-39)46(54-33-38-18-10-5-11-19-38)43(49)35-51-23-14-7-15-24-52-36-48-28-40-25-41(29-48)27-42(26-40)30-48/h2,4-6,8-13,16-21,40-44,46-47H,1,3,7,14-15,22-36H2/t40?,41?,42?,43-,44+,46-,47-,48?/m1/s1. The number of rotatable bonds is 22. The molecule has 4 saturated carbocycles. The highest BCUT2D eigenvalue weighted by Crippen LogP contribution is 2.60. The third-order valence-electron chi connectivity index (χ3n) is 12.5. The van der Waals surface area contributed by atoms with Gasteiger partial charge in [-0.3, -0.25) is 4.79 Å². The maximum Gasteiger partial charge on any atom is 0.223 e. The van der Waals surface area contributed by atoms with E-state index in [-0.39, 0.29) is 11.9 Å². The predicted octanol–water partition coefficient (Wildman–Crippen LogP) is 9.34. The molecule has 0 aromatic heterocycles. The van der Waals surface area contributed by atoms with Crippen LogP contribution in [0, 0.1) is 23.2 Å². The summed E-state index contributed by atoms with van der Waals surface area (Å²) in [5.41, 5.74) is 3.68. The molecule has 8 rings (SSSR count). The first kappa shape index (κ1) is 39.9. The summed E-state index contributed by atoms with van der Waals surface area (Å²) in [4.78, 5) is 15.9. The van der Waals surface area contributed by atoms with Crippen LogP contribution in [0.15, 0.2) is 104 Å². The van der Waals surface area contributed by atoms with Crippen LogP contribution in [0.25, 0.3) is 0 Å². The Bertz CT molecular complexity index is 1550. The molecule has 4 bridgehead atoms. The molecule has 4 aliphatic carbocycles. The average Bonchev–Trinajstić information content (AvgIpc) is 3.20. The summed E-state index contributed by atoms with van der Waals surface area (Å²) in [6.07, 6.45) is 13.1. The van der Waals surface area contributed by atoms with Crippen LogP contribution in [0.5, 0.6) is 0 Å². The molecule has 1 heterocycles. The zero-order chi connectivity index (χ0) is 37.7. The predicted molar refractivity (Wildman–Crippen MR) is 216 cm³/mol. The Kier molecular flexibility index (Phi) is 14.6. The minimum Gasteiger partial charge on any atom is -0.381 e. The summed E-state index contributed by atoms with van der Waals surface area (Å²) < 4.78 is 33.1. The molecule has 0 N–H and O–H groups in total. The van der Waals surface area contributed by atoms with Crippen molar-refractivity contribution in [2.24, 2.45) is 23.2 Å². The molecule has 3 aromatic rings. The number of hydrogen-bond acceptors (Lipinski definition) is 6. The van der Waals surface area contributed by atoms with Gasteiger partial charge < -0.3 is 28.6 Å². The average molecular weight is 750 g/mol. The molecule has 4 atom stereocenters. The van der Waals surface area contributed by atoms with Crippen molar-refractivity contribution < 1.29 is 28.5 Å². The Balaban J connectivity index is 0.997. The van der Waals surface area contributed by atoms with E-state index in [2.05, 4.69) is 43.0 Å². The summed E-state index contributed by atoms with van der Waals surface area (Å²) in [6.45, 7) is 8.24. The third-order valence-corrected chi connectivity index (χ3v) is 12.5. The van der Waals surface area contributed by atoms with Gasteiger partial charge in [0.05, 0.1) is 45.6 Å². The summed E-state index contributed by atoms with van der Waals surface area (Å²) in [6, 6.07) is 30.2. The molecule has 1 saturated heterocycles. The van der Waals surface area contributed by atoms with E-state index in [0.717, 1.165) is 66.9 Å². The maximum atomic E-state index is 14.0. The van der Waals surface area contributed by atoms with Crippen molar-refractivity contribution in [2.45, 2.75) is 115 Å². The number of allylic oxidation sites excluding steroid dienone is 1. The molecule has 0 radical (unpaired) electrons. The van der Waals surface area contributed by atoms with Gasteiger partial charge in [0.15, 0.2) is 0 Å². The van der Waals surface area contributed by atoms with Gasteiger partial charge in [-0.15, -0.1) is 6.58 Å². The third kappa shape index (κ3) is 11.2. The van der Waals surface area contributed by atoms with E-state index in [9.17, 15) is 4.79 Å². The molecular formula is C48H63NO6. The Morgan fingerprint density at radius 1 is 0.673 bits per heavy atom. The second-order valence-electron chi connectivity index (χ2n) is 16.9. The number of unbranched alkanes of at least 4 members (excludes halogenated alkanes) is 2. The van der Waals surface area contributed by atoms with Crippen molar-refractivity contribution in [3.8, 4) is 0 Å². The highest BCUT2D eigenvalue weighted by Gasteiger charge is 2.51. The minimum absolute atomic E-state index is 0.0489. The van der Waals surface area contributed by atoms with Gasteiger partial charge in [-0.2, -0.15) is 0 Å². The molecule has 1 amide bonds. The molecule has 0 unspecified atom stereocenters. The van der Waals surface area contributed by atoms with E-state index >= 15 is 0 Å². The zero-order valence-electron chi connectivity index (χ0n) is 32.8. The Morgan fingerprint density at radius 3 is 1.73 bits per heavy atom. The van der Waals surface area contributed by atoms with Crippen molar-refractivity contribution >= 4 is 5.91 Å². The van der Waals surface area contributed by atoms with Crippen molar-refractivity contribution in [2.75, 3.05) is 33.0 Å². The van der Waals surface area contributed by atoms with Crippen LogP contribution in [-0.2, 0) is 48.3 Å². The molecule has 3 aromatic carbocycles. The number of likely N-dealkylation sites (tertiary alicyclic amines) is 1. The first-order valence-electron chi connectivity index (χ1n) is 21.1. The summed E-state index contributed by atoms with van der Waals surface area (Å²) >= 11 is 0. The fourth-order valence-electron chi connectivity index (χ4n) is 10.3. The van der Waals surface area contributed by atoms with Crippen molar-refractivity contribution in [3.05, 3.63) is 120 Å². The molecule has 5 fully saturated rings. The van der Waals surface area contributed by atoms with Gasteiger partial charge in [0.2, 0.25) is 5.91 Å². The molecular weight excluding hydrogens is 687 g/mol. The van der Waals surface area contributed by atoms with Crippen LogP contribution in [-0.4, -0.2) is 68.1 Å². The summed E-state index contributed by atoms with van der Waals surface area (Å²) in [5, 5.41) is 0. The van der Waals surface area contributed by atoms with Crippen molar-refractivity contribution in [1.82, 2.24) is 4.90 Å². The van der Waals surface area contributed by atoms with Gasteiger partial charge in [0.1, 0.15) is 18.3 Å². The minimum atomic E-state index is -0.482. The van der Waals surface area contributed by atoms with Gasteiger partial charge in [-0.1, -0.05) is 97.1 Å². The number of carbonyl (C=O) groups excluding carboxylic acids is 1. The van der Waals surface area contributed by atoms with Crippen LogP contribution >= 0.6 is 0 Å². The lowest BCUT2D eigenvalue weighted by Gasteiger charge is -2.56. The number of benzene rings is 3. The van der Waals surface area contributed by atoms with E-state index in [1.165, 1.54) is 38.5 Å². The highest BCUT2D eigenvalue weighted by molar-refractivity contribution is 5.77. The van der Waals surface area contributed by atoms with Gasteiger partial charge in [-0.25, -0.2) is 0 Å². The van der Waals surface area contributed by atoms with Gasteiger partial charge in [-0.05, 0) is 104 Å². The smallest absolute Gasteiger partial charge is 0.223 e. The van der Waals surface area contributed by atoms with Crippen LogP contribution in [0.3, 0.4) is 0 Å². The van der Waals surface area contributed by atoms with E-state index in [4.69, 9.17) is 23.7 Å². The molecule has 7 heteroatoms. The van der Waals surface area contributed by atoms with Gasteiger partial charge in [0, 0.05) is 19.6 Å². The Labute approximate surface area is 329 Å². The summed E-state index contributed by atoms with van der Waals surface area (Å²) in [7, 11) is 0. The quantitative estimate of drug-likeness (QED) is 0.0754. The van der Waals surface area contributed by atoms with Crippen LogP contribution in [0.1, 0.15) is 87.3 Å². The van der Waals surface area contributed by atoms with Crippen molar-refractivity contribution in [3.63, 3.8) is 0 Å². The number of hydrogen-bond donors (Lipinski definition) is 0. The lowest BCUT2D eigenvalue weighted by atomic mass is 9.50. The van der Waals surface area contributed by atoms with Crippen LogP contribution < -0.4 is 0 Å². The SMILES string of the molecule is C=CCCC(=O)N1C[C@H](OCc2ccccc2)[C@@H](OCc2ccccc2)[C@H](OCc2ccccc2)[C@H]1COCCCCCOCC12CC3CC(CC(C3)C1)C2. The second kappa shape index (κ2) is 20.2. The Morgan fingerprint density at radius 2 is 1.18 bits per heavy atom. The van der Waals surface area contributed by atoms with E-state index in [0.29, 0.717) is 57.8 Å². The van der Waals surface area contributed by atoms with E-state index in [1.807, 2.05) is 59.5 Å². The summed E-state index contributed by atoms with van der Waals surface area (Å²) in [5.74, 6) is 2.94. The van der Waals surface area contributed by atoms with Crippen LogP contribution in [0.4, 0.5) is 0 Å². The van der Waals surface area contributed by atoms with Crippen molar-refractivity contribution in [1.29, 1.82) is 0 Å². The first-order chi connectivity index (χ1) is 27.1. The molecule has 1 aliphatic heterocycles. The van der Waals surface area contributed by atoms with E-state index < -0.39 is 18.3 Å². The Hall–Kier alpha value is -3.33. The highest BCUT2D eigenvalue weighted by atomic mass is 16.6. The fraction of sp³-hybridized carbons (Fsp3) is 0.562. The van der Waals surface area contributed by atoms with Gasteiger partial charge >= 0.3 is 0 Å².